The molecule has 0 radical (unpaired) electrons. The topological polar surface area (TPSA) is 43.2 Å². The SMILES string of the molecule is C/C=C(C#N)\C=C1/CN(c2ccc(C3=CCCC=C3)cc2)CCC12CCN(Cc1ncccc1C)CC2. The Morgan fingerprint density at radius 2 is 1.86 bits per heavy atom. The number of hydrogen-bond donors (Lipinski definition) is 0. The Morgan fingerprint density at radius 1 is 1.08 bits per heavy atom. The lowest BCUT2D eigenvalue weighted by molar-refractivity contribution is 0.111. The fourth-order valence-corrected chi connectivity index (χ4v) is 6.05. The van der Waals surface area contributed by atoms with Gasteiger partial charge in [0.2, 0.25) is 0 Å². The molecule has 5 rings (SSSR count). The number of rotatable bonds is 5. The smallest absolute Gasteiger partial charge is 0.0988 e. The Labute approximate surface area is 222 Å². The minimum Gasteiger partial charge on any atom is -0.367 e. The molecule has 0 bridgehead atoms. The van der Waals surface area contributed by atoms with Crippen molar-refractivity contribution in [2.75, 3.05) is 31.1 Å². The van der Waals surface area contributed by atoms with E-state index < -0.39 is 0 Å². The maximum Gasteiger partial charge on any atom is 0.0988 e. The Morgan fingerprint density at radius 3 is 2.54 bits per heavy atom. The molecule has 2 aliphatic heterocycles. The van der Waals surface area contributed by atoms with Crippen LogP contribution in [0.1, 0.15) is 55.8 Å². The summed E-state index contributed by atoms with van der Waals surface area (Å²) in [5.41, 5.74) is 8.72. The van der Waals surface area contributed by atoms with Gasteiger partial charge in [0.15, 0.2) is 0 Å². The largest absolute Gasteiger partial charge is 0.367 e. The lowest BCUT2D eigenvalue weighted by atomic mass is 9.67. The number of nitriles is 1. The summed E-state index contributed by atoms with van der Waals surface area (Å²) in [5.74, 6) is 0. The first kappa shape index (κ1) is 25.2. The molecule has 1 spiro atoms. The number of anilines is 1. The maximum atomic E-state index is 9.71. The number of likely N-dealkylation sites (tertiary alicyclic amines) is 1. The van der Waals surface area contributed by atoms with E-state index >= 15 is 0 Å². The molecule has 1 aliphatic carbocycles. The van der Waals surface area contributed by atoms with Gasteiger partial charge in [-0.25, -0.2) is 0 Å². The maximum absolute atomic E-state index is 9.71. The van der Waals surface area contributed by atoms with E-state index in [1.807, 2.05) is 25.3 Å². The molecule has 190 valence electrons. The van der Waals surface area contributed by atoms with Crippen LogP contribution in [0.5, 0.6) is 0 Å². The first-order valence-electron chi connectivity index (χ1n) is 13.7. The number of hydrogen-bond acceptors (Lipinski definition) is 4. The summed E-state index contributed by atoms with van der Waals surface area (Å²) in [6, 6.07) is 15.6. The molecule has 2 fully saturated rings. The molecule has 3 aliphatic rings. The van der Waals surface area contributed by atoms with Gasteiger partial charge in [-0.05, 0) is 111 Å². The van der Waals surface area contributed by atoms with Gasteiger partial charge in [0.25, 0.3) is 0 Å². The van der Waals surface area contributed by atoms with Crippen molar-refractivity contribution < 1.29 is 0 Å². The molecule has 4 nitrogen and oxygen atoms in total. The van der Waals surface area contributed by atoms with Crippen LogP contribution in [0, 0.1) is 23.7 Å². The number of allylic oxidation sites excluding steroid dienone is 7. The van der Waals surface area contributed by atoms with Gasteiger partial charge in [-0.15, -0.1) is 0 Å². The molecule has 2 saturated heterocycles. The van der Waals surface area contributed by atoms with E-state index in [-0.39, 0.29) is 5.41 Å². The van der Waals surface area contributed by atoms with E-state index in [1.54, 1.807) is 0 Å². The van der Waals surface area contributed by atoms with E-state index in [0.717, 1.165) is 70.4 Å². The predicted molar refractivity (Wildman–Crippen MR) is 153 cm³/mol. The summed E-state index contributed by atoms with van der Waals surface area (Å²) in [5, 5.41) is 9.71. The van der Waals surface area contributed by atoms with Gasteiger partial charge < -0.3 is 4.90 Å². The average Bonchev–Trinajstić information content (AvgIpc) is 2.95. The average molecular weight is 491 g/mol. The second-order valence-electron chi connectivity index (χ2n) is 10.7. The highest BCUT2D eigenvalue weighted by Crippen LogP contribution is 2.46. The molecule has 0 amide bonds. The molecule has 0 atom stereocenters. The first-order chi connectivity index (χ1) is 18.1. The number of nitrogens with zero attached hydrogens (tertiary/aromatic N) is 4. The van der Waals surface area contributed by atoms with Crippen molar-refractivity contribution in [3.63, 3.8) is 0 Å². The Bertz CT molecular complexity index is 1260. The summed E-state index contributed by atoms with van der Waals surface area (Å²) in [6.45, 7) is 9.12. The van der Waals surface area contributed by atoms with Gasteiger partial charge in [-0.1, -0.05) is 42.5 Å². The molecule has 3 heterocycles. The summed E-state index contributed by atoms with van der Waals surface area (Å²) in [4.78, 5) is 9.68. The van der Waals surface area contributed by atoms with Crippen molar-refractivity contribution in [3.8, 4) is 6.07 Å². The molecule has 37 heavy (non-hydrogen) atoms. The van der Waals surface area contributed by atoms with Crippen LogP contribution in [0.2, 0.25) is 0 Å². The Balaban J connectivity index is 1.32. The molecule has 1 aromatic carbocycles. The minimum atomic E-state index is 0.176. The van der Waals surface area contributed by atoms with Crippen LogP contribution in [-0.4, -0.2) is 36.1 Å². The van der Waals surface area contributed by atoms with Crippen LogP contribution in [-0.2, 0) is 6.54 Å². The molecule has 1 aromatic heterocycles. The third-order valence-corrected chi connectivity index (χ3v) is 8.54. The third-order valence-electron chi connectivity index (χ3n) is 8.54. The van der Waals surface area contributed by atoms with Crippen molar-refractivity contribution in [2.45, 2.75) is 52.5 Å². The van der Waals surface area contributed by atoms with Crippen LogP contribution in [0.25, 0.3) is 5.57 Å². The number of benzene rings is 1. The fraction of sp³-hybridized carbons (Fsp3) is 0.394. The second kappa shape index (κ2) is 11.3. The first-order valence-corrected chi connectivity index (χ1v) is 13.7. The molecular weight excluding hydrogens is 452 g/mol. The molecule has 0 saturated carbocycles. The highest BCUT2D eigenvalue weighted by Gasteiger charge is 2.41. The quantitative estimate of drug-likeness (QED) is 0.423. The van der Waals surface area contributed by atoms with E-state index in [4.69, 9.17) is 0 Å². The zero-order valence-corrected chi connectivity index (χ0v) is 22.3. The van der Waals surface area contributed by atoms with Gasteiger partial charge in [-0.2, -0.15) is 5.26 Å². The van der Waals surface area contributed by atoms with Crippen LogP contribution in [0.15, 0.2) is 84.1 Å². The van der Waals surface area contributed by atoms with Crippen molar-refractivity contribution in [2.24, 2.45) is 5.41 Å². The van der Waals surface area contributed by atoms with Crippen molar-refractivity contribution in [1.29, 1.82) is 5.26 Å². The van der Waals surface area contributed by atoms with Gasteiger partial charge in [0.05, 0.1) is 11.8 Å². The van der Waals surface area contributed by atoms with Crippen molar-refractivity contribution in [1.82, 2.24) is 9.88 Å². The lowest BCUT2D eigenvalue weighted by Crippen LogP contribution is -2.48. The van der Waals surface area contributed by atoms with Crippen molar-refractivity contribution >= 4 is 11.3 Å². The number of aromatic nitrogens is 1. The molecule has 4 heteroatoms. The third kappa shape index (κ3) is 5.63. The Hall–Kier alpha value is -3.42. The Kier molecular flexibility index (Phi) is 7.72. The van der Waals surface area contributed by atoms with Gasteiger partial charge in [0.1, 0.15) is 0 Å². The molecular formula is C33H38N4. The van der Waals surface area contributed by atoms with E-state index in [9.17, 15) is 5.26 Å². The zero-order chi connectivity index (χ0) is 25.7. The molecule has 2 aromatic rings. The monoisotopic (exact) mass is 490 g/mol. The van der Waals surface area contributed by atoms with Gasteiger partial charge in [0, 0.05) is 37.1 Å². The van der Waals surface area contributed by atoms with Crippen LogP contribution in [0.4, 0.5) is 5.69 Å². The summed E-state index contributed by atoms with van der Waals surface area (Å²) in [7, 11) is 0. The molecule has 0 unspecified atom stereocenters. The number of piperidine rings is 2. The van der Waals surface area contributed by atoms with Crippen molar-refractivity contribution in [3.05, 3.63) is 101 Å². The predicted octanol–water partition coefficient (Wildman–Crippen LogP) is 7.01. The zero-order valence-electron chi connectivity index (χ0n) is 22.3. The standard InChI is InChI=1S/C33H38N4/c1-3-27(23-34)22-30-24-37(31-13-11-29(12-14-31)28-9-5-4-6-10-28)21-17-33(30)15-19-36(20-16-33)25-32-26(2)8-7-18-35-32/h3,5,7-14,18,22H,4,6,15-17,19-21,24-25H2,1-2H3/b27-3+,30-22+. The highest BCUT2D eigenvalue weighted by molar-refractivity contribution is 5.75. The summed E-state index contributed by atoms with van der Waals surface area (Å²) >= 11 is 0. The summed E-state index contributed by atoms with van der Waals surface area (Å²) in [6.07, 6.45) is 18.6. The normalized spacial score (nSPS) is 21.2. The number of pyridine rings is 1. The lowest BCUT2D eigenvalue weighted by Gasteiger charge is -2.49. The van der Waals surface area contributed by atoms with Crippen LogP contribution in [0.3, 0.4) is 0 Å². The van der Waals surface area contributed by atoms with E-state index in [1.165, 1.54) is 33.7 Å². The van der Waals surface area contributed by atoms with E-state index in [2.05, 4.69) is 82.4 Å². The fourth-order valence-electron chi connectivity index (χ4n) is 6.05. The minimum absolute atomic E-state index is 0.176. The number of aryl methyl sites for hydroxylation is 1. The molecule has 0 N–H and O–H groups in total. The van der Waals surface area contributed by atoms with Crippen LogP contribution < -0.4 is 4.90 Å². The highest BCUT2D eigenvalue weighted by atomic mass is 15.2. The second-order valence-corrected chi connectivity index (χ2v) is 10.7. The van der Waals surface area contributed by atoms with Gasteiger partial charge >= 0.3 is 0 Å². The van der Waals surface area contributed by atoms with Gasteiger partial charge in [-0.3, -0.25) is 9.88 Å². The van der Waals surface area contributed by atoms with E-state index in [0.29, 0.717) is 0 Å². The summed E-state index contributed by atoms with van der Waals surface area (Å²) < 4.78 is 0. The van der Waals surface area contributed by atoms with Crippen LogP contribution >= 0.6 is 0 Å².